The second-order valence-electron chi connectivity index (χ2n) is 2.27. The largest absolute Gasteiger partial charge is 0.124 e. The second-order valence-corrected chi connectivity index (χ2v) is 2.27. The molecule has 1 aromatic rings. The first kappa shape index (κ1) is 6.89. The Morgan fingerprint density at radius 3 is 1.50 bits per heavy atom. The molecule has 50 valence electrons. The quantitative estimate of drug-likeness (QED) is 0.471. The number of hydrogen-bond acceptors (Lipinski definition) is 0. The highest BCUT2D eigenvalue weighted by atomic mass is 14.1. The van der Waals surface area contributed by atoms with E-state index >= 15 is 0 Å². The molecular weight excluding hydrogens is 120 g/mol. The topological polar surface area (TPSA) is 0 Å². The van der Waals surface area contributed by atoms with Crippen molar-refractivity contribution in [2.75, 3.05) is 0 Å². The number of benzene rings is 1. The van der Waals surface area contributed by atoms with Crippen LogP contribution in [0.15, 0.2) is 24.3 Å². The fourth-order valence-electron chi connectivity index (χ4n) is 1.14. The Kier molecular flexibility index (Phi) is 2.12. The third-order valence-electron chi connectivity index (χ3n) is 1.78. The Labute approximate surface area is 61.9 Å². The lowest BCUT2D eigenvalue weighted by Crippen LogP contribution is -2.06. The van der Waals surface area contributed by atoms with Crippen molar-refractivity contribution in [3.8, 4) is 12.8 Å². The van der Waals surface area contributed by atoms with Gasteiger partial charge < -0.3 is 0 Å². The molecule has 0 spiro atoms. The van der Waals surface area contributed by atoms with Gasteiger partial charge in [-0.2, -0.15) is 0 Å². The van der Waals surface area contributed by atoms with Crippen molar-refractivity contribution < 1.29 is 0 Å². The van der Waals surface area contributed by atoms with E-state index in [1.165, 1.54) is 12.8 Å². The third-order valence-corrected chi connectivity index (χ3v) is 1.78. The van der Waals surface area contributed by atoms with E-state index in [1.807, 2.05) is 0 Å². The van der Waals surface area contributed by atoms with E-state index in [4.69, 9.17) is 0 Å². The van der Waals surface area contributed by atoms with Gasteiger partial charge in [-0.05, 0) is 24.0 Å². The summed E-state index contributed by atoms with van der Waals surface area (Å²) in [6, 6.07) is 8.63. The van der Waals surface area contributed by atoms with Crippen LogP contribution in [0, 0.1) is 12.8 Å². The zero-order valence-corrected chi connectivity index (χ0v) is 5.88. The normalized spacial score (nSPS) is 11.8. The molecule has 0 N–H and O–H groups in total. The van der Waals surface area contributed by atoms with Crippen LogP contribution in [0.1, 0.15) is 11.1 Å². The summed E-state index contributed by atoms with van der Waals surface area (Å²) >= 11 is 0. The predicted molar refractivity (Wildman–Crippen MR) is 43.7 cm³/mol. The van der Waals surface area contributed by atoms with Crippen molar-refractivity contribution in [1.82, 2.24) is 0 Å². The van der Waals surface area contributed by atoms with Crippen LogP contribution in [0.2, 0.25) is 0 Å². The van der Waals surface area contributed by atoms with Crippen LogP contribution in [0.3, 0.4) is 0 Å². The summed E-state index contributed by atoms with van der Waals surface area (Å²) in [5.74, 6) is 0. The maximum Gasteiger partial charge on any atom is -0.0235 e. The molecule has 0 saturated carbocycles. The van der Waals surface area contributed by atoms with E-state index < -0.39 is 0 Å². The number of rotatable bonds is 0. The van der Waals surface area contributed by atoms with Crippen LogP contribution in [0.25, 0.3) is 0 Å². The standard InChI is InChI=1S/C8H8.C2H2/c1-2-4-8-6-5-7(8)3-1;1-2/h1-4H,5-6H2;1-2H. The number of aryl methyl sites for hydroxylation is 2. The minimum absolute atomic E-state index is 1.30. The molecule has 0 amide bonds. The molecule has 2 rings (SSSR count). The van der Waals surface area contributed by atoms with E-state index in [9.17, 15) is 0 Å². The van der Waals surface area contributed by atoms with Crippen LogP contribution in [0.4, 0.5) is 0 Å². The number of hydrogen-bond donors (Lipinski definition) is 0. The molecule has 0 radical (unpaired) electrons. The molecule has 0 saturated heterocycles. The van der Waals surface area contributed by atoms with Gasteiger partial charge in [0.05, 0.1) is 0 Å². The summed E-state index contributed by atoms with van der Waals surface area (Å²) in [5.41, 5.74) is 3.10. The Hall–Kier alpha value is -1.22. The Balaban J connectivity index is 0.000000231. The summed E-state index contributed by atoms with van der Waals surface area (Å²) in [4.78, 5) is 0. The summed E-state index contributed by atoms with van der Waals surface area (Å²) < 4.78 is 0. The Morgan fingerprint density at radius 2 is 1.30 bits per heavy atom. The van der Waals surface area contributed by atoms with Crippen LogP contribution in [0.5, 0.6) is 0 Å². The highest BCUT2D eigenvalue weighted by Crippen LogP contribution is 2.20. The van der Waals surface area contributed by atoms with Crippen molar-refractivity contribution in [3.63, 3.8) is 0 Å². The lowest BCUT2D eigenvalue weighted by Gasteiger charge is -2.16. The van der Waals surface area contributed by atoms with Crippen LogP contribution < -0.4 is 0 Å². The summed E-state index contributed by atoms with van der Waals surface area (Å²) in [5, 5.41) is 0. The van der Waals surface area contributed by atoms with Crippen LogP contribution in [-0.4, -0.2) is 0 Å². The Morgan fingerprint density at radius 1 is 0.900 bits per heavy atom. The average molecular weight is 130 g/mol. The first-order valence-electron chi connectivity index (χ1n) is 3.37. The van der Waals surface area contributed by atoms with Gasteiger partial charge >= 0.3 is 0 Å². The summed E-state index contributed by atoms with van der Waals surface area (Å²) in [6.45, 7) is 0. The van der Waals surface area contributed by atoms with Gasteiger partial charge in [-0.3, -0.25) is 0 Å². The Bertz CT molecular complexity index is 210. The van der Waals surface area contributed by atoms with Crippen LogP contribution >= 0.6 is 0 Å². The molecule has 1 aliphatic rings. The van der Waals surface area contributed by atoms with Gasteiger partial charge in [-0.25, -0.2) is 0 Å². The SMILES string of the molecule is C#C.c1ccc2c(c1)CC2. The summed E-state index contributed by atoms with van der Waals surface area (Å²) in [6.07, 6.45) is 10.6. The monoisotopic (exact) mass is 130 g/mol. The van der Waals surface area contributed by atoms with Gasteiger partial charge in [0, 0.05) is 0 Å². The van der Waals surface area contributed by atoms with Gasteiger partial charge in [0.15, 0.2) is 0 Å². The molecule has 0 atom stereocenters. The fraction of sp³-hybridized carbons (Fsp3) is 0.200. The molecule has 0 fully saturated rings. The van der Waals surface area contributed by atoms with E-state index in [2.05, 4.69) is 37.1 Å². The fourth-order valence-corrected chi connectivity index (χ4v) is 1.14. The zero-order valence-electron chi connectivity index (χ0n) is 5.88. The lowest BCUT2D eigenvalue weighted by molar-refractivity contribution is 0.839. The molecule has 0 aromatic heterocycles. The van der Waals surface area contributed by atoms with Gasteiger partial charge in [-0.1, -0.05) is 24.3 Å². The van der Waals surface area contributed by atoms with Gasteiger partial charge in [-0.15, -0.1) is 12.8 Å². The van der Waals surface area contributed by atoms with Crippen molar-refractivity contribution in [3.05, 3.63) is 35.4 Å². The smallest absolute Gasteiger partial charge is 0.0235 e. The van der Waals surface area contributed by atoms with Gasteiger partial charge in [0.1, 0.15) is 0 Å². The molecule has 0 aliphatic heterocycles. The minimum Gasteiger partial charge on any atom is -0.124 e. The molecule has 0 bridgehead atoms. The van der Waals surface area contributed by atoms with Gasteiger partial charge in [0.25, 0.3) is 0 Å². The van der Waals surface area contributed by atoms with Crippen molar-refractivity contribution in [1.29, 1.82) is 0 Å². The van der Waals surface area contributed by atoms with Crippen LogP contribution in [-0.2, 0) is 12.8 Å². The number of terminal acetylenes is 1. The van der Waals surface area contributed by atoms with E-state index in [0.29, 0.717) is 0 Å². The predicted octanol–water partition coefficient (Wildman–Crippen LogP) is 2.03. The highest BCUT2D eigenvalue weighted by molar-refractivity contribution is 5.34. The minimum atomic E-state index is 1.30. The maximum absolute atomic E-state index is 4.00. The van der Waals surface area contributed by atoms with Crippen molar-refractivity contribution in [2.45, 2.75) is 12.8 Å². The molecule has 0 heterocycles. The maximum atomic E-state index is 4.00. The van der Waals surface area contributed by atoms with Crippen molar-refractivity contribution in [2.24, 2.45) is 0 Å². The molecule has 0 heteroatoms. The second kappa shape index (κ2) is 3.08. The number of fused-ring (bicyclic) bond motifs is 1. The molecule has 0 nitrogen and oxygen atoms in total. The van der Waals surface area contributed by atoms with Gasteiger partial charge in [0.2, 0.25) is 0 Å². The first-order valence-corrected chi connectivity index (χ1v) is 3.37. The molecule has 10 heavy (non-hydrogen) atoms. The van der Waals surface area contributed by atoms with E-state index in [0.717, 1.165) is 0 Å². The zero-order chi connectivity index (χ0) is 7.40. The molecule has 0 unspecified atom stereocenters. The highest BCUT2D eigenvalue weighted by Gasteiger charge is 2.09. The lowest BCUT2D eigenvalue weighted by atomic mass is 9.89. The molecular formula is C10H10. The molecule has 1 aromatic carbocycles. The summed E-state index contributed by atoms with van der Waals surface area (Å²) in [7, 11) is 0. The average Bonchev–Trinajstić information content (AvgIpc) is 1.96. The third kappa shape index (κ3) is 1.04. The molecule has 1 aliphatic carbocycles. The van der Waals surface area contributed by atoms with E-state index in [1.54, 1.807) is 11.1 Å². The van der Waals surface area contributed by atoms with E-state index in [-0.39, 0.29) is 0 Å². The first-order chi connectivity index (χ1) is 4.97. The van der Waals surface area contributed by atoms with Crippen molar-refractivity contribution >= 4 is 0 Å².